The van der Waals surface area contributed by atoms with E-state index < -0.39 is 10.8 Å². The van der Waals surface area contributed by atoms with Gasteiger partial charge in [-0.15, -0.1) is 0 Å². The van der Waals surface area contributed by atoms with E-state index in [0.717, 1.165) is 0 Å². The van der Waals surface area contributed by atoms with Crippen LogP contribution in [-0.4, -0.2) is 17.5 Å². The third-order valence-electron chi connectivity index (χ3n) is 3.29. The number of hydrogen-bond donors (Lipinski definition) is 1. The van der Waals surface area contributed by atoms with E-state index in [0.29, 0.717) is 5.56 Å². The number of carbonyl (C=O) groups is 3. The Morgan fingerprint density at radius 2 is 1.39 bits per heavy atom. The van der Waals surface area contributed by atoms with Crippen LogP contribution in [0.4, 0.5) is 5.69 Å². The van der Waals surface area contributed by atoms with Gasteiger partial charge in [-0.2, -0.15) is 0 Å². The summed E-state index contributed by atoms with van der Waals surface area (Å²) in [6.45, 7) is 12.0. The first-order chi connectivity index (χ1) is 10.3. The number of anilines is 1. The molecule has 1 aromatic carbocycles. The van der Waals surface area contributed by atoms with Crippen LogP contribution in [0.2, 0.25) is 5.02 Å². The van der Waals surface area contributed by atoms with Gasteiger partial charge in [-0.25, -0.2) is 0 Å². The van der Waals surface area contributed by atoms with E-state index in [9.17, 15) is 14.4 Å². The topological polar surface area (TPSA) is 63.2 Å². The maximum Gasteiger partial charge on any atom is 0.221 e. The van der Waals surface area contributed by atoms with Crippen molar-refractivity contribution in [3.8, 4) is 0 Å². The minimum Gasteiger partial charge on any atom is -0.325 e. The highest BCUT2D eigenvalue weighted by Gasteiger charge is 2.32. The molecule has 0 aliphatic rings. The number of amides is 1. The standard InChI is InChI=1S/C18H24ClNO3/c1-10(21)20-14-11(15(22)17(2,3)4)8-9-12(19)13(14)16(23)18(5,6)7/h8-9H,1-7H3,(H,20,21). The molecule has 4 nitrogen and oxygen atoms in total. The van der Waals surface area contributed by atoms with Crippen LogP contribution >= 0.6 is 11.6 Å². The lowest BCUT2D eigenvalue weighted by atomic mass is 9.81. The highest BCUT2D eigenvalue weighted by Crippen LogP contribution is 2.36. The molecule has 0 spiro atoms. The number of halogens is 1. The zero-order chi connectivity index (χ0) is 18.2. The Balaban J connectivity index is 3.72. The number of carbonyl (C=O) groups excluding carboxylic acids is 3. The molecule has 0 radical (unpaired) electrons. The van der Waals surface area contributed by atoms with Crippen LogP contribution in [0.25, 0.3) is 0 Å². The maximum atomic E-state index is 12.8. The molecule has 5 heteroatoms. The normalized spacial score (nSPS) is 12.0. The Morgan fingerprint density at radius 3 is 1.78 bits per heavy atom. The van der Waals surface area contributed by atoms with Crippen molar-refractivity contribution in [2.75, 3.05) is 5.32 Å². The van der Waals surface area contributed by atoms with E-state index in [1.165, 1.54) is 13.0 Å². The highest BCUT2D eigenvalue weighted by molar-refractivity contribution is 6.36. The van der Waals surface area contributed by atoms with Crippen LogP contribution in [0, 0.1) is 10.8 Å². The maximum absolute atomic E-state index is 12.8. The van der Waals surface area contributed by atoms with E-state index in [2.05, 4.69) is 5.32 Å². The fraction of sp³-hybridized carbons (Fsp3) is 0.500. The molecule has 1 rings (SSSR count). The van der Waals surface area contributed by atoms with Gasteiger partial charge in [0, 0.05) is 23.3 Å². The fourth-order valence-corrected chi connectivity index (χ4v) is 2.32. The average molecular weight is 338 g/mol. The van der Waals surface area contributed by atoms with Crippen molar-refractivity contribution in [2.45, 2.75) is 48.5 Å². The Hall–Kier alpha value is -1.68. The van der Waals surface area contributed by atoms with E-state index >= 15 is 0 Å². The predicted molar refractivity (Wildman–Crippen MR) is 93.3 cm³/mol. The molecule has 0 saturated carbocycles. The monoisotopic (exact) mass is 337 g/mol. The second kappa shape index (κ2) is 6.44. The first-order valence-corrected chi connectivity index (χ1v) is 7.84. The van der Waals surface area contributed by atoms with Crippen molar-refractivity contribution in [3.05, 3.63) is 28.3 Å². The molecule has 0 aliphatic heterocycles. The van der Waals surface area contributed by atoms with Crippen molar-refractivity contribution in [3.63, 3.8) is 0 Å². The van der Waals surface area contributed by atoms with Gasteiger partial charge in [-0.1, -0.05) is 53.1 Å². The summed E-state index contributed by atoms with van der Waals surface area (Å²) in [5.41, 5.74) is -0.664. The highest BCUT2D eigenvalue weighted by atomic mass is 35.5. The van der Waals surface area contributed by atoms with Gasteiger partial charge in [0.15, 0.2) is 11.6 Å². The Labute approximate surface area is 142 Å². The SMILES string of the molecule is CC(=O)Nc1c(C(=O)C(C)(C)C)ccc(Cl)c1C(=O)C(C)(C)C. The number of Topliss-reactive ketones (excluding diaryl/α,β-unsaturated/α-hetero) is 2. The second-order valence-corrected chi connectivity index (χ2v) is 8.09. The van der Waals surface area contributed by atoms with Crippen LogP contribution in [0.1, 0.15) is 69.2 Å². The molecule has 1 amide bonds. The van der Waals surface area contributed by atoms with Gasteiger partial charge in [0.25, 0.3) is 0 Å². The molecule has 23 heavy (non-hydrogen) atoms. The van der Waals surface area contributed by atoms with E-state index in [1.54, 1.807) is 47.6 Å². The molecule has 0 heterocycles. The Bertz CT molecular complexity index is 664. The summed E-state index contributed by atoms with van der Waals surface area (Å²) in [5, 5.41) is 2.85. The summed E-state index contributed by atoms with van der Waals surface area (Å²) in [7, 11) is 0. The molecule has 0 unspecified atom stereocenters. The molecule has 0 aliphatic carbocycles. The number of rotatable bonds is 3. The lowest BCUT2D eigenvalue weighted by Gasteiger charge is -2.24. The lowest BCUT2D eigenvalue weighted by molar-refractivity contribution is -0.114. The lowest BCUT2D eigenvalue weighted by Crippen LogP contribution is -2.27. The van der Waals surface area contributed by atoms with Gasteiger partial charge in [-0.3, -0.25) is 14.4 Å². The largest absolute Gasteiger partial charge is 0.325 e. The first-order valence-electron chi connectivity index (χ1n) is 7.46. The smallest absolute Gasteiger partial charge is 0.221 e. The van der Waals surface area contributed by atoms with E-state index in [1.807, 2.05) is 0 Å². The molecular formula is C18H24ClNO3. The van der Waals surface area contributed by atoms with E-state index in [4.69, 9.17) is 11.6 Å². The van der Waals surface area contributed by atoms with Crippen LogP contribution in [0.3, 0.4) is 0 Å². The zero-order valence-electron chi connectivity index (χ0n) is 14.8. The van der Waals surface area contributed by atoms with E-state index in [-0.39, 0.29) is 33.7 Å². The molecule has 1 N–H and O–H groups in total. The third kappa shape index (κ3) is 4.41. The molecule has 126 valence electrons. The molecule has 0 saturated heterocycles. The van der Waals surface area contributed by atoms with Gasteiger partial charge in [0.1, 0.15) is 0 Å². The van der Waals surface area contributed by atoms with Gasteiger partial charge >= 0.3 is 0 Å². The summed E-state index contributed by atoms with van der Waals surface area (Å²) in [5.74, 6) is -0.756. The van der Waals surface area contributed by atoms with Crippen LogP contribution < -0.4 is 5.32 Å². The molecule has 0 fully saturated rings. The summed E-state index contributed by atoms with van der Waals surface area (Å²) in [4.78, 5) is 37.1. The van der Waals surface area contributed by atoms with Gasteiger partial charge in [-0.05, 0) is 12.1 Å². The number of ketones is 2. The van der Waals surface area contributed by atoms with Crippen molar-refractivity contribution >= 4 is 34.8 Å². The quantitative estimate of drug-likeness (QED) is 0.809. The zero-order valence-corrected chi connectivity index (χ0v) is 15.5. The summed E-state index contributed by atoms with van der Waals surface area (Å²) in [6.07, 6.45) is 0. The fourth-order valence-electron chi connectivity index (χ4n) is 2.07. The van der Waals surface area contributed by atoms with Crippen molar-refractivity contribution in [1.82, 2.24) is 0 Å². The van der Waals surface area contributed by atoms with Crippen molar-refractivity contribution in [1.29, 1.82) is 0 Å². The number of benzene rings is 1. The van der Waals surface area contributed by atoms with Crippen molar-refractivity contribution < 1.29 is 14.4 Å². The summed E-state index contributed by atoms with van der Waals surface area (Å²) >= 11 is 6.22. The number of nitrogens with one attached hydrogen (secondary N) is 1. The van der Waals surface area contributed by atoms with Crippen LogP contribution in [0.15, 0.2) is 12.1 Å². The Kier molecular flexibility index (Phi) is 5.42. The minimum atomic E-state index is -0.694. The van der Waals surface area contributed by atoms with Crippen molar-refractivity contribution in [2.24, 2.45) is 10.8 Å². The second-order valence-electron chi connectivity index (χ2n) is 7.68. The third-order valence-corrected chi connectivity index (χ3v) is 3.60. The first kappa shape index (κ1) is 19.4. The Morgan fingerprint density at radius 1 is 0.913 bits per heavy atom. The van der Waals surface area contributed by atoms with Crippen LogP contribution in [-0.2, 0) is 4.79 Å². The molecular weight excluding hydrogens is 314 g/mol. The van der Waals surface area contributed by atoms with Gasteiger partial charge in [0.05, 0.1) is 16.3 Å². The number of hydrogen-bond acceptors (Lipinski definition) is 3. The van der Waals surface area contributed by atoms with Gasteiger partial charge < -0.3 is 5.32 Å². The molecule has 1 aromatic rings. The molecule has 0 bridgehead atoms. The summed E-state index contributed by atoms with van der Waals surface area (Å²) in [6, 6.07) is 3.09. The predicted octanol–water partition coefficient (Wildman–Crippen LogP) is 4.76. The minimum absolute atomic E-state index is 0.166. The summed E-state index contributed by atoms with van der Waals surface area (Å²) < 4.78 is 0. The molecule has 0 aromatic heterocycles. The van der Waals surface area contributed by atoms with Gasteiger partial charge in [0.2, 0.25) is 5.91 Å². The molecule has 0 atom stereocenters. The average Bonchev–Trinajstić information content (AvgIpc) is 2.35. The van der Waals surface area contributed by atoms with Crippen LogP contribution in [0.5, 0.6) is 0 Å².